The second-order valence-corrected chi connectivity index (χ2v) is 5.28. The van der Waals surface area contributed by atoms with Gasteiger partial charge in [0.2, 0.25) is 5.91 Å². The summed E-state index contributed by atoms with van der Waals surface area (Å²) in [5.74, 6) is 0.00651. The molecule has 104 valence electrons. The topological polar surface area (TPSA) is 50.4 Å². The second-order valence-electron chi connectivity index (χ2n) is 4.84. The van der Waals surface area contributed by atoms with Crippen molar-refractivity contribution in [2.45, 2.75) is 31.5 Å². The van der Waals surface area contributed by atoms with Gasteiger partial charge in [-0.1, -0.05) is 23.7 Å². The molecular weight excluding hydrogens is 264 g/mol. The van der Waals surface area contributed by atoms with Gasteiger partial charge in [0.1, 0.15) is 0 Å². The molecule has 1 aliphatic rings. The second kappa shape index (κ2) is 6.37. The SMILES string of the molecule is COC1CNC(C(=O)N[C@@H](C)c2cccc(Cl)c2)C1. The van der Waals surface area contributed by atoms with Crippen LogP contribution < -0.4 is 10.6 Å². The fourth-order valence-electron chi connectivity index (χ4n) is 2.26. The number of ether oxygens (including phenoxy) is 1. The Kier molecular flexibility index (Phi) is 4.80. The van der Waals surface area contributed by atoms with Crippen LogP contribution in [0.25, 0.3) is 0 Å². The van der Waals surface area contributed by atoms with Crippen LogP contribution in [0.2, 0.25) is 5.02 Å². The van der Waals surface area contributed by atoms with Crippen LogP contribution in [0.5, 0.6) is 0 Å². The average molecular weight is 283 g/mol. The van der Waals surface area contributed by atoms with Gasteiger partial charge in [0.05, 0.1) is 18.2 Å². The van der Waals surface area contributed by atoms with Crippen LogP contribution in [0.4, 0.5) is 0 Å². The fraction of sp³-hybridized carbons (Fsp3) is 0.500. The van der Waals surface area contributed by atoms with E-state index >= 15 is 0 Å². The summed E-state index contributed by atoms with van der Waals surface area (Å²) in [5, 5.41) is 6.83. The van der Waals surface area contributed by atoms with Gasteiger partial charge in [0, 0.05) is 18.7 Å². The summed E-state index contributed by atoms with van der Waals surface area (Å²) in [7, 11) is 1.67. The van der Waals surface area contributed by atoms with Crippen molar-refractivity contribution in [3.05, 3.63) is 34.9 Å². The molecule has 1 saturated heterocycles. The van der Waals surface area contributed by atoms with Crippen molar-refractivity contribution in [3.63, 3.8) is 0 Å². The van der Waals surface area contributed by atoms with Gasteiger partial charge in [-0.15, -0.1) is 0 Å². The Hall–Kier alpha value is -1.10. The van der Waals surface area contributed by atoms with Crippen molar-refractivity contribution in [2.75, 3.05) is 13.7 Å². The van der Waals surface area contributed by atoms with Gasteiger partial charge in [-0.05, 0) is 31.0 Å². The predicted octanol–water partition coefficient (Wildman–Crippen LogP) is 1.89. The van der Waals surface area contributed by atoms with Crippen LogP contribution in [-0.2, 0) is 9.53 Å². The molecule has 3 atom stereocenters. The van der Waals surface area contributed by atoms with Crippen LogP contribution in [0.15, 0.2) is 24.3 Å². The fourth-order valence-corrected chi connectivity index (χ4v) is 2.45. The van der Waals surface area contributed by atoms with Crippen molar-refractivity contribution < 1.29 is 9.53 Å². The van der Waals surface area contributed by atoms with E-state index in [1.807, 2.05) is 31.2 Å². The van der Waals surface area contributed by atoms with E-state index in [4.69, 9.17) is 16.3 Å². The first-order valence-electron chi connectivity index (χ1n) is 6.42. The molecule has 0 spiro atoms. The zero-order chi connectivity index (χ0) is 13.8. The lowest BCUT2D eigenvalue weighted by Crippen LogP contribution is -2.41. The average Bonchev–Trinajstić information content (AvgIpc) is 2.87. The molecular formula is C14H19ClN2O2. The molecule has 0 aliphatic carbocycles. The molecule has 1 aliphatic heterocycles. The first-order valence-corrected chi connectivity index (χ1v) is 6.80. The molecule has 1 amide bonds. The molecule has 0 aromatic heterocycles. The number of benzene rings is 1. The number of nitrogens with one attached hydrogen (secondary N) is 2. The van der Waals surface area contributed by atoms with Crippen molar-refractivity contribution >= 4 is 17.5 Å². The largest absolute Gasteiger partial charge is 0.380 e. The highest BCUT2D eigenvalue weighted by Crippen LogP contribution is 2.18. The number of carbonyl (C=O) groups is 1. The van der Waals surface area contributed by atoms with E-state index in [0.29, 0.717) is 11.4 Å². The van der Waals surface area contributed by atoms with E-state index < -0.39 is 0 Å². The molecule has 4 nitrogen and oxygen atoms in total. The zero-order valence-corrected chi connectivity index (χ0v) is 11.9. The molecule has 5 heteroatoms. The lowest BCUT2D eigenvalue weighted by Gasteiger charge is -2.17. The van der Waals surface area contributed by atoms with Crippen LogP contribution in [-0.4, -0.2) is 31.7 Å². The quantitative estimate of drug-likeness (QED) is 0.887. The van der Waals surface area contributed by atoms with Crippen LogP contribution in [0.3, 0.4) is 0 Å². The number of halogens is 1. The minimum Gasteiger partial charge on any atom is -0.380 e. The Balaban J connectivity index is 1.92. The maximum Gasteiger partial charge on any atom is 0.237 e. The lowest BCUT2D eigenvalue weighted by molar-refractivity contribution is -0.123. The number of carbonyl (C=O) groups excluding carboxylic acids is 1. The third-order valence-corrected chi connectivity index (χ3v) is 3.68. The van der Waals surface area contributed by atoms with Gasteiger partial charge in [-0.25, -0.2) is 0 Å². The summed E-state index contributed by atoms with van der Waals surface area (Å²) in [4.78, 5) is 12.1. The molecule has 2 N–H and O–H groups in total. The Morgan fingerprint density at radius 3 is 3.00 bits per heavy atom. The van der Waals surface area contributed by atoms with E-state index in [2.05, 4.69) is 10.6 Å². The normalized spacial score (nSPS) is 24.2. The zero-order valence-electron chi connectivity index (χ0n) is 11.2. The van der Waals surface area contributed by atoms with Crippen molar-refractivity contribution in [1.29, 1.82) is 0 Å². The number of methoxy groups -OCH3 is 1. The highest BCUT2D eigenvalue weighted by molar-refractivity contribution is 6.30. The number of rotatable bonds is 4. The third-order valence-electron chi connectivity index (χ3n) is 3.45. The van der Waals surface area contributed by atoms with Crippen molar-refractivity contribution in [3.8, 4) is 0 Å². The van der Waals surface area contributed by atoms with Gasteiger partial charge >= 0.3 is 0 Å². The molecule has 2 unspecified atom stereocenters. The van der Waals surface area contributed by atoms with E-state index in [1.54, 1.807) is 7.11 Å². The molecule has 0 radical (unpaired) electrons. The summed E-state index contributed by atoms with van der Waals surface area (Å²) < 4.78 is 5.24. The first-order chi connectivity index (χ1) is 9.10. The predicted molar refractivity (Wildman–Crippen MR) is 75.2 cm³/mol. The standard InChI is InChI=1S/C14H19ClN2O2/c1-9(10-4-3-5-11(15)6-10)17-14(18)13-7-12(19-2)8-16-13/h3-6,9,12-13,16H,7-8H2,1-2H3,(H,17,18)/t9-,12?,13?/m0/s1. The Morgan fingerprint density at radius 1 is 1.58 bits per heavy atom. The van der Waals surface area contributed by atoms with Crippen LogP contribution >= 0.6 is 11.6 Å². The first kappa shape index (κ1) is 14.3. The van der Waals surface area contributed by atoms with E-state index in [-0.39, 0.29) is 24.1 Å². The van der Waals surface area contributed by atoms with E-state index in [9.17, 15) is 4.79 Å². The van der Waals surface area contributed by atoms with Crippen molar-refractivity contribution in [1.82, 2.24) is 10.6 Å². The molecule has 2 rings (SSSR count). The molecule has 0 saturated carbocycles. The highest BCUT2D eigenvalue weighted by Gasteiger charge is 2.29. The van der Waals surface area contributed by atoms with Gasteiger partial charge in [-0.2, -0.15) is 0 Å². The lowest BCUT2D eigenvalue weighted by atomic mass is 10.1. The molecule has 1 aromatic rings. The third kappa shape index (κ3) is 3.69. The Morgan fingerprint density at radius 2 is 2.37 bits per heavy atom. The molecule has 1 fully saturated rings. The smallest absolute Gasteiger partial charge is 0.237 e. The van der Waals surface area contributed by atoms with Crippen LogP contribution in [0, 0.1) is 0 Å². The van der Waals surface area contributed by atoms with Gasteiger partial charge < -0.3 is 15.4 Å². The summed E-state index contributed by atoms with van der Waals surface area (Å²) in [6.45, 7) is 2.67. The monoisotopic (exact) mass is 282 g/mol. The van der Waals surface area contributed by atoms with Gasteiger partial charge in [-0.3, -0.25) is 4.79 Å². The number of amides is 1. The number of hydrogen-bond acceptors (Lipinski definition) is 3. The maximum atomic E-state index is 12.1. The summed E-state index contributed by atoms with van der Waals surface area (Å²) >= 11 is 5.95. The molecule has 19 heavy (non-hydrogen) atoms. The molecule has 1 aromatic carbocycles. The summed E-state index contributed by atoms with van der Waals surface area (Å²) in [6, 6.07) is 7.29. The highest BCUT2D eigenvalue weighted by atomic mass is 35.5. The van der Waals surface area contributed by atoms with E-state index in [0.717, 1.165) is 12.1 Å². The molecule has 0 bridgehead atoms. The Bertz CT molecular complexity index is 453. The maximum absolute atomic E-state index is 12.1. The Labute approximate surface area is 118 Å². The molecule has 1 heterocycles. The summed E-state index contributed by atoms with van der Waals surface area (Å²) in [5.41, 5.74) is 1.00. The summed E-state index contributed by atoms with van der Waals surface area (Å²) in [6.07, 6.45) is 0.835. The van der Waals surface area contributed by atoms with Crippen LogP contribution in [0.1, 0.15) is 24.9 Å². The van der Waals surface area contributed by atoms with Gasteiger partial charge in [0.25, 0.3) is 0 Å². The van der Waals surface area contributed by atoms with Crippen molar-refractivity contribution in [2.24, 2.45) is 0 Å². The number of hydrogen-bond donors (Lipinski definition) is 2. The van der Waals surface area contributed by atoms with E-state index in [1.165, 1.54) is 0 Å². The van der Waals surface area contributed by atoms with Gasteiger partial charge in [0.15, 0.2) is 0 Å². The minimum absolute atomic E-state index is 0.00651. The minimum atomic E-state index is -0.174.